The monoisotopic (exact) mass is 247 g/mol. The van der Waals surface area contributed by atoms with Crippen molar-refractivity contribution >= 4 is 22.8 Å². The molecule has 1 aliphatic rings. The van der Waals surface area contributed by atoms with Crippen LogP contribution in [-0.4, -0.2) is 27.1 Å². The second-order valence-corrected chi connectivity index (χ2v) is 5.67. The van der Waals surface area contributed by atoms with E-state index >= 15 is 0 Å². The maximum Gasteiger partial charge on any atom is 0.123 e. The van der Waals surface area contributed by atoms with E-state index in [4.69, 9.17) is 0 Å². The number of thioether (sulfide) groups is 1. The van der Waals surface area contributed by atoms with Gasteiger partial charge < -0.3 is 9.88 Å². The van der Waals surface area contributed by atoms with Gasteiger partial charge in [-0.15, -0.1) is 0 Å². The third-order valence-corrected chi connectivity index (χ3v) is 4.52. The van der Waals surface area contributed by atoms with Crippen molar-refractivity contribution in [2.24, 2.45) is 7.05 Å². The zero-order valence-electron chi connectivity index (χ0n) is 10.0. The quantitative estimate of drug-likeness (QED) is 0.901. The first-order valence-electron chi connectivity index (χ1n) is 6.06. The van der Waals surface area contributed by atoms with Crippen LogP contribution >= 0.6 is 11.8 Å². The van der Waals surface area contributed by atoms with E-state index in [1.807, 2.05) is 17.8 Å². The predicted molar refractivity (Wildman–Crippen MR) is 73.3 cm³/mol. The van der Waals surface area contributed by atoms with E-state index in [-0.39, 0.29) is 0 Å². The summed E-state index contributed by atoms with van der Waals surface area (Å²) in [7, 11) is 2.09. The second-order valence-electron chi connectivity index (χ2n) is 4.52. The largest absolute Gasteiger partial charge is 0.330 e. The second kappa shape index (κ2) is 4.70. The highest BCUT2D eigenvalue weighted by atomic mass is 32.2. The van der Waals surface area contributed by atoms with Gasteiger partial charge in [-0.05, 0) is 24.3 Å². The molecule has 0 aliphatic carbocycles. The Morgan fingerprint density at radius 2 is 2.35 bits per heavy atom. The minimum Gasteiger partial charge on any atom is -0.330 e. The zero-order valence-corrected chi connectivity index (χ0v) is 10.8. The van der Waals surface area contributed by atoms with Crippen LogP contribution in [0.4, 0.5) is 0 Å². The SMILES string of the molecule is Cn1c(CNC2CCSC2)nc2ccccc21. The van der Waals surface area contributed by atoms with Gasteiger partial charge in [0.1, 0.15) is 5.82 Å². The van der Waals surface area contributed by atoms with Crippen LogP contribution < -0.4 is 5.32 Å². The molecule has 1 fully saturated rings. The van der Waals surface area contributed by atoms with Crippen molar-refractivity contribution < 1.29 is 0 Å². The van der Waals surface area contributed by atoms with E-state index in [0.29, 0.717) is 6.04 Å². The van der Waals surface area contributed by atoms with Crippen LogP contribution in [0.3, 0.4) is 0 Å². The fourth-order valence-corrected chi connectivity index (χ4v) is 3.47. The van der Waals surface area contributed by atoms with E-state index in [0.717, 1.165) is 17.9 Å². The maximum atomic E-state index is 4.67. The Labute approximate surface area is 106 Å². The first-order valence-corrected chi connectivity index (χ1v) is 7.21. The Bertz CT molecular complexity index is 514. The van der Waals surface area contributed by atoms with Gasteiger partial charge in [-0.1, -0.05) is 12.1 Å². The van der Waals surface area contributed by atoms with Gasteiger partial charge in [0.25, 0.3) is 0 Å². The molecule has 2 aromatic rings. The van der Waals surface area contributed by atoms with Gasteiger partial charge in [0, 0.05) is 18.8 Å². The third-order valence-electron chi connectivity index (χ3n) is 3.36. The Morgan fingerprint density at radius 3 is 3.12 bits per heavy atom. The van der Waals surface area contributed by atoms with Gasteiger partial charge in [0.2, 0.25) is 0 Å². The highest BCUT2D eigenvalue weighted by Gasteiger charge is 2.15. The molecule has 1 unspecified atom stereocenters. The minimum absolute atomic E-state index is 0.666. The average Bonchev–Trinajstić information content (AvgIpc) is 2.96. The van der Waals surface area contributed by atoms with E-state index in [1.165, 1.54) is 23.4 Å². The van der Waals surface area contributed by atoms with Crippen LogP contribution in [0.25, 0.3) is 11.0 Å². The Morgan fingerprint density at radius 1 is 1.47 bits per heavy atom. The van der Waals surface area contributed by atoms with Crippen molar-refractivity contribution in [1.82, 2.24) is 14.9 Å². The fourth-order valence-electron chi connectivity index (χ4n) is 2.28. The number of nitrogens with zero attached hydrogens (tertiary/aromatic N) is 2. The summed E-state index contributed by atoms with van der Waals surface area (Å²) >= 11 is 2.04. The van der Waals surface area contributed by atoms with Gasteiger partial charge in [0.05, 0.1) is 17.6 Å². The summed E-state index contributed by atoms with van der Waals surface area (Å²) in [5.74, 6) is 3.66. The summed E-state index contributed by atoms with van der Waals surface area (Å²) in [6.07, 6.45) is 1.29. The predicted octanol–water partition coefficient (Wildman–Crippen LogP) is 2.17. The number of aromatic nitrogens is 2. The molecule has 90 valence electrons. The maximum absolute atomic E-state index is 4.67. The van der Waals surface area contributed by atoms with Gasteiger partial charge in [0.15, 0.2) is 0 Å². The number of benzene rings is 1. The molecule has 0 spiro atoms. The number of fused-ring (bicyclic) bond motifs is 1. The van der Waals surface area contributed by atoms with E-state index in [2.05, 4.69) is 40.1 Å². The molecule has 1 aliphatic heterocycles. The molecule has 0 bridgehead atoms. The fraction of sp³-hybridized carbons (Fsp3) is 0.462. The highest BCUT2D eigenvalue weighted by Crippen LogP contribution is 2.18. The van der Waals surface area contributed by atoms with Crippen LogP contribution in [0.1, 0.15) is 12.2 Å². The molecule has 1 aromatic carbocycles. The van der Waals surface area contributed by atoms with Crippen molar-refractivity contribution in [3.05, 3.63) is 30.1 Å². The molecule has 1 aromatic heterocycles. The highest BCUT2D eigenvalue weighted by molar-refractivity contribution is 7.99. The summed E-state index contributed by atoms with van der Waals surface area (Å²) in [4.78, 5) is 4.67. The van der Waals surface area contributed by atoms with Gasteiger partial charge in [-0.3, -0.25) is 0 Å². The number of para-hydroxylation sites is 2. The van der Waals surface area contributed by atoms with E-state index in [1.54, 1.807) is 0 Å². The summed E-state index contributed by atoms with van der Waals surface area (Å²) < 4.78 is 2.18. The zero-order chi connectivity index (χ0) is 11.7. The molecule has 3 rings (SSSR count). The number of hydrogen-bond donors (Lipinski definition) is 1. The summed E-state index contributed by atoms with van der Waals surface area (Å²) in [6, 6.07) is 8.97. The van der Waals surface area contributed by atoms with Gasteiger partial charge in [-0.2, -0.15) is 11.8 Å². The molecular weight excluding hydrogens is 230 g/mol. The molecule has 0 radical (unpaired) electrons. The molecular formula is C13H17N3S. The standard InChI is InChI=1S/C13H17N3S/c1-16-12-5-3-2-4-11(12)15-13(16)8-14-10-6-7-17-9-10/h2-5,10,14H,6-9H2,1H3. The first-order chi connectivity index (χ1) is 8.34. The normalized spacial score (nSPS) is 20.2. The van der Waals surface area contributed by atoms with Crippen LogP contribution in [0, 0.1) is 0 Å². The van der Waals surface area contributed by atoms with Crippen molar-refractivity contribution in [3.63, 3.8) is 0 Å². The average molecular weight is 247 g/mol. The third kappa shape index (κ3) is 2.19. The summed E-state index contributed by atoms with van der Waals surface area (Å²) in [6.45, 7) is 0.871. The Balaban J connectivity index is 1.78. The smallest absolute Gasteiger partial charge is 0.123 e. The van der Waals surface area contributed by atoms with Gasteiger partial charge in [-0.25, -0.2) is 4.98 Å². The van der Waals surface area contributed by atoms with Crippen molar-refractivity contribution in [1.29, 1.82) is 0 Å². The molecule has 4 heteroatoms. The minimum atomic E-state index is 0.666. The number of imidazole rings is 1. The lowest BCUT2D eigenvalue weighted by Crippen LogP contribution is -2.29. The van der Waals surface area contributed by atoms with Crippen LogP contribution in [0.2, 0.25) is 0 Å². The van der Waals surface area contributed by atoms with Crippen molar-refractivity contribution in [3.8, 4) is 0 Å². The molecule has 1 saturated heterocycles. The van der Waals surface area contributed by atoms with E-state index in [9.17, 15) is 0 Å². The van der Waals surface area contributed by atoms with Gasteiger partial charge >= 0.3 is 0 Å². The molecule has 3 nitrogen and oxygen atoms in total. The lowest BCUT2D eigenvalue weighted by atomic mass is 10.2. The molecule has 2 heterocycles. The van der Waals surface area contributed by atoms with E-state index < -0.39 is 0 Å². The number of aryl methyl sites for hydroxylation is 1. The molecule has 17 heavy (non-hydrogen) atoms. The lowest BCUT2D eigenvalue weighted by molar-refractivity contribution is 0.538. The summed E-state index contributed by atoms with van der Waals surface area (Å²) in [5.41, 5.74) is 2.30. The van der Waals surface area contributed by atoms with Crippen LogP contribution in [-0.2, 0) is 13.6 Å². The topological polar surface area (TPSA) is 29.9 Å². The Kier molecular flexibility index (Phi) is 3.07. The van der Waals surface area contributed by atoms with Crippen LogP contribution in [0.15, 0.2) is 24.3 Å². The van der Waals surface area contributed by atoms with Crippen molar-refractivity contribution in [2.45, 2.75) is 19.0 Å². The first kappa shape index (κ1) is 11.1. The molecule has 0 saturated carbocycles. The Hall–Kier alpha value is -1.00. The molecule has 1 N–H and O–H groups in total. The lowest BCUT2D eigenvalue weighted by Gasteiger charge is -2.10. The summed E-state index contributed by atoms with van der Waals surface area (Å²) in [5, 5.41) is 3.60. The van der Waals surface area contributed by atoms with Crippen molar-refractivity contribution in [2.75, 3.05) is 11.5 Å². The number of rotatable bonds is 3. The molecule has 0 amide bonds. The molecule has 1 atom stereocenters. The van der Waals surface area contributed by atoms with Crippen LogP contribution in [0.5, 0.6) is 0 Å². The number of hydrogen-bond acceptors (Lipinski definition) is 3. The number of nitrogens with one attached hydrogen (secondary N) is 1.